The highest BCUT2D eigenvalue weighted by atomic mass is 15.2. The monoisotopic (exact) mass is 272 g/mol. The van der Waals surface area contributed by atoms with Crippen molar-refractivity contribution >= 4 is 0 Å². The molecule has 0 amide bonds. The summed E-state index contributed by atoms with van der Waals surface area (Å²) in [7, 11) is 0. The summed E-state index contributed by atoms with van der Waals surface area (Å²) >= 11 is 0. The van der Waals surface area contributed by atoms with Gasteiger partial charge in [-0.25, -0.2) is 0 Å². The topological polar surface area (TPSA) is 15.3 Å². The maximum absolute atomic E-state index is 3.78. The van der Waals surface area contributed by atoms with Crippen molar-refractivity contribution in [2.45, 2.75) is 51.1 Å². The summed E-state index contributed by atoms with van der Waals surface area (Å²) in [5, 5.41) is 3.78. The molecule has 3 atom stereocenters. The van der Waals surface area contributed by atoms with Crippen LogP contribution < -0.4 is 5.32 Å². The van der Waals surface area contributed by atoms with Gasteiger partial charge in [0, 0.05) is 31.7 Å². The fourth-order valence-electron chi connectivity index (χ4n) is 3.56. The summed E-state index contributed by atoms with van der Waals surface area (Å²) in [4.78, 5) is 2.75. The van der Waals surface area contributed by atoms with Gasteiger partial charge in [0.15, 0.2) is 0 Å². The first-order chi connectivity index (χ1) is 9.78. The first kappa shape index (κ1) is 14.1. The third kappa shape index (κ3) is 3.24. The van der Waals surface area contributed by atoms with Crippen LogP contribution in [0, 0.1) is 5.92 Å². The van der Waals surface area contributed by atoms with Gasteiger partial charge in [-0.15, -0.1) is 0 Å². The van der Waals surface area contributed by atoms with E-state index in [9.17, 15) is 0 Å². The maximum Gasteiger partial charge on any atom is 0.0224 e. The van der Waals surface area contributed by atoms with E-state index in [0.29, 0.717) is 5.92 Å². The maximum atomic E-state index is 3.78. The molecule has 3 rings (SSSR count). The molecule has 1 aromatic carbocycles. The van der Waals surface area contributed by atoms with Crippen LogP contribution in [0.2, 0.25) is 0 Å². The lowest BCUT2D eigenvalue weighted by Gasteiger charge is -2.41. The molecule has 20 heavy (non-hydrogen) atoms. The van der Waals surface area contributed by atoms with Crippen molar-refractivity contribution in [2.24, 2.45) is 5.92 Å². The van der Waals surface area contributed by atoms with Gasteiger partial charge < -0.3 is 5.32 Å². The van der Waals surface area contributed by atoms with Crippen molar-refractivity contribution in [1.82, 2.24) is 10.2 Å². The van der Waals surface area contributed by atoms with E-state index in [1.54, 1.807) is 0 Å². The third-order valence-corrected chi connectivity index (χ3v) is 5.10. The fourth-order valence-corrected chi connectivity index (χ4v) is 3.56. The molecule has 2 nitrogen and oxygen atoms in total. The minimum atomic E-state index is 0.628. The van der Waals surface area contributed by atoms with Gasteiger partial charge in [0.25, 0.3) is 0 Å². The Hall–Kier alpha value is -0.860. The van der Waals surface area contributed by atoms with Gasteiger partial charge in [0.1, 0.15) is 0 Å². The van der Waals surface area contributed by atoms with Crippen molar-refractivity contribution in [3.05, 3.63) is 35.9 Å². The lowest BCUT2D eigenvalue weighted by atomic mass is 9.97. The van der Waals surface area contributed by atoms with Gasteiger partial charge in [0.05, 0.1) is 0 Å². The van der Waals surface area contributed by atoms with E-state index >= 15 is 0 Å². The van der Waals surface area contributed by atoms with Gasteiger partial charge in [-0.05, 0) is 36.7 Å². The lowest BCUT2D eigenvalue weighted by molar-refractivity contribution is 0.113. The number of nitrogens with zero attached hydrogens (tertiary/aromatic N) is 1. The standard InChI is InChI=1S/C18H28N2/c1-3-17-11-19-18(16-9-10-16)13-20(17)12-14(2)15-7-5-4-6-8-15/h4-8,14,16-19H,3,9-13H2,1-2H3. The van der Waals surface area contributed by atoms with Crippen LogP contribution in [0.15, 0.2) is 30.3 Å². The Morgan fingerprint density at radius 1 is 1.25 bits per heavy atom. The van der Waals surface area contributed by atoms with Crippen LogP contribution in [0.4, 0.5) is 0 Å². The zero-order valence-corrected chi connectivity index (χ0v) is 12.9. The van der Waals surface area contributed by atoms with E-state index in [2.05, 4.69) is 54.4 Å². The second-order valence-electron chi connectivity index (χ2n) is 6.68. The molecular formula is C18H28N2. The molecule has 1 aliphatic carbocycles. The number of hydrogen-bond donors (Lipinski definition) is 1. The summed E-state index contributed by atoms with van der Waals surface area (Å²) in [6.45, 7) is 8.33. The van der Waals surface area contributed by atoms with E-state index in [-0.39, 0.29) is 0 Å². The van der Waals surface area contributed by atoms with E-state index in [4.69, 9.17) is 0 Å². The fraction of sp³-hybridized carbons (Fsp3) is 0.667. The highest BCUT2D eigenvalue weighted by molar-refractivity contribution is 5.19. The van der Waals surface area contributed by atoms with Crippen molar-refractivity contribution in [1.29, 1.82) is 0 Å². The summed E-state index contributed by atoms with van der Waals surface area (Å²) in [5.74, 6) is 1.59. The van der Waals surface area contributed by atoms with E-state index in [0.717, 1.165) is 18.0 Å². The second kappa shape index (κ2) is 6.28. The highest BCUT2D eigenvalue weighted by Gasteiger charge is 2.36. The molecule has 0 spiro atoms. The summed E-state index contributed by atoms with van der Waals surface area (Å²) < 4.78 is 0. The zero-order chi connectivity index (χ0) is 13.9. The van der Waals surface area contributed by atoms with E-state index in [1.807, 2.05) is 0 Å². The van der Waals surface area contributed by atoms with Crippen LogP contribution in [0.5, 0.6) is 0 Å². The van der Waals surface area contributed by atoms with Crippen molar-refractivity contribution in [3.8, 4) is 0 Å². The molecule has 0 bridgehead atoms. The molecule has 0 aromatic heterocycles. The smallest absolute Gasteiger partial charge is 0.0224 e. The van der Waals surface area contributed by atoms with Gasteiger partial charge in [-0.1, -0.05) is 44.2 Å². The van der Waals surface area contributed by atoms with Crippen LogP contribution in [0.25, 0.3) is 0 Å². The summed E-state index contributed by atoms with van der Waals surface area (Å²) in [5.41, 5.74) is 1.48. The van der Waals surface area contributed by atoms with Crippen LogP contribution >= 0.6 is 0 Å². The molecule has 0 radical (unpaired) electrons. The SMILES string of the molecule is CCC1CNC(C2CC2)CN1CC(C)c1ccccc1. The lowest BCUT2D eigenvalue weighted by Crippen LogP contribution is -2.57. The van der Waals surface area contributed by atoms with Crippen LogP contribution in [-0.4, -0.2) is 36.6 Å². The first-order valence-corrected chi connectivity index (χ1v) is 8.30. The molecule has 2 aliphatic rings. The average Bonchev–Trinajstić information content (AvgIpc) is 3.33. The third-order valence-electron chi connectivity index (χ3n) is 5.10. The van der Waals surface area contributed by atoms with Crippen molar-refractivity contribution < 1.29 is 0 Å². The minimum Gasteiger partial charge on any atom is -0.311 e. The molecule has 2 heteroatoms. The molecule has 3 unspecified atom stereocenters. The predicted molar refractivity (Wildman–Crippen MR) is 85.0 cm³/mol. The first-order valence-electron chi connectivity index (χ1n) is 8.30. The Balaban J connectivity index is 1.63. The normalized spacial score (nSPS) is 29.3. The quantitative estimate of drug-likeness (QED) is 0.885. The number of nitrogens with one attached hydrogen (secondary N) is 1. The van der Waals surface area contributed by atoms with Gasteiger partial charge in [-0.3, -0.25) is 4.90 Å². The molecule has 110 valence electrons. The van der Waals surface area contributed by atoms with Crippen LogP contribution in [0.3, 0.4) is 0 Å². The predicted octanol–water partition coefficient (Wildman–Crippen LogP) is 3.25. The summed E-state index contributed by atoms with van der Waals surface area (Å²) in [6.07, 6.45) is 4.14. The Morgan fingerprint density at radius 3 is 2.65 bits per heavy atom. The van der Waals surface area contributed by atoms with Crippen molar-refractivity contribution in [3.63, 3.8) is 0 Å². The molecule has 1 saturated carbocycles. The largest absolute Gasteiger partial charge is 0.311 e. The van der Waals surface area contributed by atoms with Crippen LogP contribution in [0.1, 0.15) is 44.6 Å². The molecule has 2 fully saturated rings. The Kier molecular flexibility index (Phi) is 4.42. The molecule has 1 heterocycles. The zero-order valence-electron chi connectivity index (χ0n) is 12.9. The number of piperazine rings is 1. The number of benzene rings is 1. The molecule has 1 aliphatic heterocycles. The van der Waals surface area contributed by atoms with Gasteiger partial charge in [-0.2, -0.15) is 0 Å². The Morgan fingerprint density at radius 2 is 2.00 bits per heavy atom. The second-order valence-corrected chi connectivity index (χ2v) is 6.68. The van der Waals surface area contributed by atoms with Crippen molar-refractivity contribution in [2.75, 3.05) is 19.6 Å². The molecule has 1 saturated heterocycles. The van der Waals surface area contributed by atoms with E-state index < -0.39 is 0 Å². The molecule has 1 aromatic rings. The minimum absolute atomic E-state index is 0.628. The van der Waals surface area contributed by atoms with Crippen LogP contribution in [-0.2, 0) is 0 Å². The molecule has 1 N–H and O–H groups in total. The Labute approximate surface area is 123 Å². The Bertz CT molecular complexity index is 413. The van der Waals surface area contributed by atoms with Gasteiger partial charge in [0.2, 0.25) is 0 Å². The average molecular weight is 272 g/mol. The molecular weight excluding hydrogens is 244 g/mol. The summed E-state index contributed by atoms with van der Waals surface area (Å²) in [6, 6.07) is 12.4. The van der Waals surface area contributed by atoms with Gasteiger partial charge >= 0.3 is 0 Å². The van der Waals surface area contributed by atoms with E-state index in [1.165, 1.54) is 44.5 Å². The number of rotatable bonds is 5. The highest BCUT2D eigenvalue weighted by Crippen LogP contribution is 2.34. The number of hydrogen-bond acceptors (Lipinski definition) is 2.